The van der Waals surface area contributed by atoms with Gasteiger partial charge in [0.25, 0.3) is 5.91 Å². The third-order valence-electron chi connectivity index (χ3n) is 4.21. The average Bonchev–Trinajstić information content (AvgIpc) is 3.14. The van der Waals surface area contributed by atoms with Gasteiger partial charge in [-0.1, -0.05) is 12.1 Å². The number of methoxy groups -OCH3 is 1. The molecule has 0 saturated heterocycles. The third-order valence-corrected chi connectivity index (χ3v) is 4.21. The molecule has 140 valence electrons. The van der Waals surface area contributed by atoms with E-state index in [-0.39, 0.29) is 5.91 Å². The van der Waals surface area contributed by atoms with Crippen LogP contribution in [-0.2, 0) is 0 Å². The molecule has 7 nitrogen and oxygen atoms in total. The van der Waals surface area contributed by atoms with E-state index in [1.165, 1.54) is 0 Å². The van der Waals surface area contributed by atoms with Crippen LogP contribution in [-0.4, -0.2) is 34.4 Å². The highest BCUT2D eigenvalue weighted by Crippen LogP contribution is 2.21. The Morgan fingerprint density at radius 2 is 1.78 bits per heavy atom. The van der Waals surface area contributed by atoms with Crippen molar-refractivity contribution in [3.8, 4) is 17.2 Å². The van der Waals surface area contributed by atoms with Gasteiger partial charge >= 0.3 is 0 Å². The topological polar surface area (TPSA) is 97.5 Å². The molecule has 0 aliphatic carbocycles. The van der Waals surface area contributed by atoms with Crippen molar-refractivity contribution in [2.45, 2.75) is 26.0 Å². The van der Waals surface area contributed by atoms with E-state index < -0.39 is 12.1 Å². The lowest BCUT2D eigenvalue weighted by Gasteiger charge is -2.21. The summed E-state index contributed by atoms with van der Waals surface area (Å²) in [5.74, 6) is 1.32. The summed E-state index contributed by atoms with van der Waals surface area (Å²) in [6, 6.07) is 13.5. The van der Waals surface area contributed by atoms with Gasteiger partial charge in [-0.15, -0.1) is 10.2 Å². The molecule has 27 heavy (non-hydrogen) atoms. The summed E-state index contributed by atoms with van der Waals surface area (Å²) in [6.07, 6.45) is -0.833. The van der Waals surface area contributed by atoms with Crippen molar-refractivity contribution >= 4 is 5.91 Å². The monoisotopic (exact) mass is 367 g/mol. The van der Waals surface area contributed by atoms with E-state index >= 15 is 0 Å². The molecule has 3 rings (SSSR count). The molecule has 0 spiro atoms. The molecule has 0 radical (unpaired) electrons. The summed E-state index contributed by atoms with van der Waals surface area (Å²) < 4.78 is 10.5. The van der Waals surface area contributed by atoms with E-state index in [2.05, 4.69) is 15.5 Å². The first-order valence-electron chi connectivity index (χ1n) is 8.51. The van der Waals surface area contributed by atoms with E-state index in [0.717, 1.165) is 5.56 Å². The summed E-state index contributed by atoms with van der Waals surface area (Å²) >= 11 is 0. The molecule has 3 aromatic rings. The quantitative estimate of drug-likeness (QED) is 0.695. The molecule has 0 aliphatic heterocycles. The number of amides is 1. The first-order valence-corrected chi connectivity index (χ1v) is 8.51. The van der Waals surface area contributed by atoms with Crippen molar-refractivity contribution in [2.24, 2.45) is 0 Å². The van der Waals surface area contributed by atoms with Crippen LogP contribution in [0.5, 0.6) is 5.75 Å². The number of aliphatic hydroxyl groups excluding tert-OH is 1. The SMILES string of the molecule is COc1ccc(C(O)C(C)NC(=O)c2ccc(-c3nnc(C)o3)cc2)cc1. The maximum atomic E-state index is 12.4. The number of nitrogens with one attached hydrogen (secondary N) is 1. The molecule has 0 saturated carbocycles. The van der Waals surface area contributed by atoms with Gasteiger partial charge in [-0.05, 0) is 48.9 Å². The van der Waals surface area contributed by atoms with E-state index in [0.29, 0.717) is 28.7 Å². The summed E-state index contributed by atoms with van der Waals surface area (Å²) in [4.78, 5) is 12.4. The van der Waals surface area contributed by atoms with E-state index in [9.17, 15) is 9.90 Å². The molecule has 7 heteroatoms. The maximum Gasteiger partial charge on any atom is 0.251 e. The number of carbonyl (C=O) groups is 1. The number of carbonyl (C=O) groups excluding carboxylic acids is 1. The predicted molar refractivity (Wildman–Crippen MR) is 99.4 cm³/mol. The number of nitrogens with zero attached hydrogens (tertiary/aromatic N) is 2. The molecule has 1 aromatic heterocycles. The second kappa shape index (κ2) is 8.01. The Balaban J connectivity index is 1.65. The molecule has 2 unspecified atom stereocenters. The van der Waals surface area contributed by atoms with Crippen LogP contribution in [0.3, 0.4) is 0 Å². The normalized spacial score (nSPS) is 13.0. The standard InChI is InChI=1S/C20H21N3O4/c1-12(18(24)14-8-10-17(26-3)11-9-14)21-19(25)15-4-6-16(7-5-15)20-23-22-13(2)27-20/h4-12,18,24H,1-3H3,(H,21,25). The Hall–Kier alpha value is -3.19. The van der Waals surface area contributed by atoms with Crippen LogP contribution < -0.4 is 10.1 Å². The molecule has 0 fully saturated rings. The van der Waals surface area contributed by atoms with Crippen LogP contribution >= 0.6 is 0 Å². The molecular weight excluding hydrogens is 346 g/mol. The molecule has 1 amide bonds. The Labute approximate surface area is 157 Å². The summed E-state index contributed by atoms with van der Waals surface area (Å²) in [6.45, 7) is 3.47. The Morgan fingerprint density at radius 1 is 1.11 bits per heavy atom. The number of hydrogen-bond acceptors (Lipinski definition) is 6. The van der Waals surface area contributed by atoms with Crippen LogP contribution in [0.15, 0.2) is 52.9 Å². The van der Waals surface area contributed by atoms with Crippen LogP contribution in [0.1, 0.15) is 34.8 Å². The molecular formula is C20H21N3O4. The summed E-state index contributed by atoms with van der Waals surface area (Å²) in [7, 11) is 1.58. The van der Waals surface area contributed by atoms with Gasteiger partial charge in [0.15, 0.2) is 0 Å². The van der Waals surface area contributed by atoms with Crippen molar-refractivity contribution in [3.05, 3.63) is 65.5 Å². The number of aromatic nitrogens is 2. The first-order chi connectivity index (χ1) is 13.0. The van der Waals surface area contributed by atoms with Crippen LogP contribution in [0.25, 0.3) is 11.5 Å². The third kappa shape index (κ3) is 4.32. The van der Waals surface area contributed by atoms with Crippen molar-refractivity contribution in [1.29, 1.82) is 0 Å². The van der Waals surface area contributed by atoms with Gasteiger partial charge in [0.1, 0.15) is 5.75 Å². The van der Waals surface area contributed by atoms with Crippen molar-refractivity contribution in [2.75, 3.05) is 7.11 Å². The fourth-order valence-corrected chi connectivity index (χ4v) is 2.64. The number of aliphatic hydroxyl groups is 1. The molecule has 2 aromatic carbocycles. The zero-order valence-corrected chi connectivity index (χ0v) is 15.3. The van der Waals surface area contributed by atoms with Gasteiger partial charge < -0.3 is 19.6 Å². The highest BCUT2D eigenvalue weighted by Gasteiger charge is 2.19. The minimum atomic E-state index is -0.833. The second-order valence-corrected chi connectivity index (χ2v) is 6.18. The predicted octanol–water partition coefficient (Wildman–Crippen LogP) is 2.91. The number of hydrogen-bond donors (Lipinski definition) is 2. The summed E-state index contributed by atoms with van der Waals surface area (Å²) in [5.41, 5.74) is 1.91. The van der Waals surface area contributed by atoms with Crippen molar-refractivity contribution < 1.29 is 19.1 Å². The summed E-state index contributed by atoms with van der Waals surface area (Å²) in [5, 5.41) is 21.0. The van der Waals surface area contributed by atoms with E-state index in [1.807, 2.05) is 0 Å². The smallest absolute Gasteiger partial charge is 0.251 e. The van der Waals surface area contributed by atoms with Crippen molar-refractivity contribution in [3.63, 3.8) is 0 Å². The lowest BCUT2D eigenvalue weighted by molar-refractivity contribution is 0.0852. The maximum absolute atomic E-state index is 12.4. The zero-order valence-electron chi connectivity index (χ0n) is 15.3. The van der Waals surface area contributed by atoms with Gasteiger partial charge in [0.2, 0.25) is 11.8 Å². The highest BCUT2D eigenvalue weighted by atomic mass is 16.5. The van der Waals surface area contributed by atoms with Gasteiger partial charge in [-0.2, -0.15) is 0 Å². The minimum Gasteiger partial charge on any atom is -0.497 e. The van der Waals surface area contributed by atoms with Gasteiger partial charge in [-0.3, -0.25) is 4.79 Å². The van der Waals surface area contributed by atoms with E-state index in [4.69, 9.17) is 9.15 Å². The van der Waals surface area contributed by atoms with Crippen LogP contribution in [0.2, 0.25) is 0 Å². The van der Waals surface area contributed by atoms with E-state index in [1.54, 1.807) is 69.5 Å². The average molecular weight is 367 g/mol. The van der Waals surface area contributed by atoms with Gasteiger partial charge in [-0.25, -0.2) is 0 Å². The molecule has 0 bridgehead atoms. The second-order valence-electron chi connectivity index (χ2n) is 6.18. The van der Waals surface area contributed by atoms with Gasteiger partial charge in [0, 0.05) is 18.1 Å². The lowest BCUT2D eigenvalue weighted by Crippen LogP contribution is -2.37. The van der Waals surface area contributed by atoms with Gasteiger partial charge in [0.05, 0.1) is 19.3 Å². The molecule has 2 N–H and O–H groups in total. The number of ether oxygens (including phenoxy) is 1. The molecule has 1 heterocycles. The Morgan fingerprint density at radius 3 is 2.33 bits per heavy atom. The van der Waals surface area contributed by atoms with Crippen LogP contribution in [0, 0.1) is 6.92 Å². The zero-order chi connectivity index (χ0) is 19.4. The minimum absolute atomic E-state index is 0.275. The number of aryl methyl sites for hydroxylation is 1. The fourth-order valence-electron chi connectivity index (χ4n) is 2.64. The fraction of sp³-hybridized carbons (Fsp3) is 0.250. The largest absolute Gasteiger partial charge is 0.497 e. The number of benzene rings is 2. The first kappa shape index (κ1) is 18.6. The lowest BCUT2D eigenvalue weighted by atomic mass is 10.0. The Kier molecular flexibility index (Phi) is 5.52. The highest BCUT2D eigenvalue weighted by molar-refractivity contribution is 5.94. The Bertz CT molecular complexity index is 904. The van der Waals surface area contributed by atoms with Crippen LogP contribution in [0.4, 0.5) is 0 Å². The molecule has 2 atom stereocenters. The van der Waals surface area contributed by atoms with Crippen molar-refractivity contribution in [1.82, 2.24) is 15.5 Å². The molecule has 0 aliphatic rings. The number of rotatable bonds is 6.